The fourth-order valence-corrected chi connectivity index (χ4v) is 2.56. The Morgan fingerprint density at radius 3 is 2.25 bits per heavy atom. The maximum Gasteiger partial charge on any atom is 0.328 e. The van der Waals surface area contributed by atoms with Crippen molar-refractivity contribution < 1.29 is 24.6 Å². The first-order chi connectivity index (χ1) is 13.0. The van der Waals surface area contributed by atoms with Crippen LogP contribution in [0.2, 0.25) is 0 Å². The van der Waals surface area contributed by atoms with Crippen molar-refractivity contribution in [3.63, 3.8) is 0 Å². The molecule has 0 fully saturated rings. The molecule has 28 heavy (non-hydrogen) atoms. The number of aryl methyl sites for hydroxylation is 1. The molecule has 0 spiro atoms. The molecule has 2 heterocycles. The van der Waals surface area contributed by atoms with Gasteiger partial charge in [-0.3, -0.25) is 4.79 Å². The number of nitrogens with one attached hydrogen (secondary N) is 1. The molecule has 2 rings (SSSR count). The van der Waals surface area contributed by atoms with Crippen molar-refractivity contribution >= 4 is 40.3 Å². The van der Waals surface area contributed by atoms with Crippen LogP contribution in [0, 0.1) is 6.92 Å². The number of aliphatic carboxylic acids is 2. The van der Waals surface area contributed by atoms with E-state index in [9.17, 15) is 14.4 Å². The molecule has 2 aromatic heterocycles. The SMILES string of the molecule is Cc1[nH]c(-c2csc(N=C(N)N)n2)cc1C(=O)N(C)C.O=C(O)/C=C\C(=O)O. The zero-order valence-electron chi connectivity index (χ0n) is 15.3. The van der Waals surface area contributed by atoms with Gasteiger partial charge in [0.1, 0.15) is 0 Å². The maximum atomic E-state index is 12.0. The fraction of sp³-hybridized carbons (Fsp3) is 0.188. The number of nitrogens with zero attached hydrogens (tertiary/aromatic N) is 3. The number of nitrogens with two attached hydrogens (primary N) is 2. The standard InChI is InChI=1S/C12H16N6OS.C4H4O4/c1-6-7(10(19)18(2)3)4-8(15-6)9-5-20-12(16-9)17-11(13)14;5-3(6)1-2-4(7)8/h4-5,15H,1-3H3,(H4,13,14,16,17);1-2H,(H,5,6)(H,7,8)/b;2-1-. The zero-order valence-corrected chi connectivity index (χ0v) is 16.1. The number of carbonyl (C=O) groups excluding carboxylic acids is 1. The second kappa shape index (κ2) is 9.87. The minimum Gasteiger partial charge on any atom is -0.478 e. The van der Waals surface area contributed by atoms with Gasteiger partial charge in [-0.05, 0) is 13.0 Å². The monoisotopic (exact) mass is 408 g/mol. The Morgan fingerprint density at radius 2 is 1.79 bits per heavy atom. The normalized spacial score (nSPS) is 10.1. The van der Waals surface area contributed by atoms with Crippen molar-refractivity contribution in [2.45, 2.75) is 6.92 Å². The van der Waals surface area contributed by atoms with Crippen LogP contribution >= 0.6 is 11.3 Å². The van der Waals surface area contributed by atoms with Gasteiger partial charge < -0.3 is 31.6 Å². The topological polar surface area (TPSA) is 188 Å². The third-order valence-corrected chi connectivity index (χ3v) is 3.75. The molecule has 0 radical (unpaired) electrons. The number of guanidine groups is 1. The molecule has 0 bridgehead atoms. The van der Waals surface area contributed by atoms with E-state index in [0.717, 1.165) is 11.4 Å². The van der Waals surface area contributed by atoms with Crippen molar-refractivity contribution in [2.24, 2.45) is 16.5 Å². The van der Waals surface area contributed by atoms with Crippen LogP contribution in [-0.2, 0) is 9.59 Å². The molecule has 0 saturated carbocycles. The number of carboxylic acids is 2. The number of hydrogen-bond donors (Lipinski definition) is 5. The van der Waals surface area contributed by atoms with E-state index in [-0.39, 0.29) is 11.9 Å². The van der Waals surface area contributed by atoms with E-state index in [1.807, 2.05) is 12.3 Å². The van der Waals surface area contributed by atoms with Crippen LogP contribution in [0.25, 0.3) is 11.4 Å². The first kappa shape index (κ1) is 22.4. The summed E-state index contributed by atoms with van der Waals surface area (Å²) in [6.45, 7) is 1.85. The van der Waals surface area contributed by atoms with E-state index in [2.05, 4.69) is 15.0 Å². The summed E-state index contributed by atoms with van der Waals surface area (Å²) in [5.41, 5.74) is 13.5. The highest BCUT2D eigenvalue weighted by molar-refractivity contribution is 7.13. The number of H-pyrrole nitrogens is 1. The number of rotatable bonds is 5. The Morgan fingerprint density at radius 1 is 1.21 bits per heavy atom. The van der Waals surface area contributed by atoms with Crippen LogP contribution < -0.4 is 11.5 Å². The van der Waals surface area contributed by atoms with Gasteiger partial charge in [-0.25, -0.2) is 14.6 Å². The summed E-state index contributed by atoms with van der Waals surface area (Å²) in [4.78, 5) is 44.0. The number of aromatic nitrogens is 2. The summed E-state index contributed by atoms with van der Waals surface area (Å²) in [5.74, 6) is -2.60. The number of thiazole rings is 1. The van der Waals surface area contributed by atoms with Gasteiger partial charge in [0.05, 0.1) is 17.0 Å². The lowest BCUT2D eigenvalue weighted by Crippen LogP contribution is -2.21. The lowest BCUT2D eigenvalue weighted by Gasteiger charge is -2.08. The quantitative estimate of drug-likeness (QED) is 0.272. The van der Waals surface area contributed by atoms with Crippen molar-refractivity contribution in [1.29, 1.82) is 0 Å². The Labute approximate surface area is 164 Å². The van der Waals surface area contributed by atoms with E-state index >= 15 is 0 Å². The molecule has 0 aliphatic carbocycles. The third-order valence-electron chi connectivity index (χ3n) is 3.01. The number of hydrogen-bond acceptors (Lipinski definition) is 6. The van der Waals surface area contributed by atoms with Gasteiger partial charge in [0.15, 0.2) is 5.96 Å². The Balaban J connectivity index is 0.000000416. The van der Waals surface area contributed by atoms with E-state index in [0.29, 0.717) is 28.5 Å². The summed E-state index contributed by atoms with van der Waals surface area (Å²) in [6.07, 6.45) is 1.12. The van der Waals surface area contributed by atoms with Gasteiger partial charge >= 0.3 is 11.9 Å². The Hall–Kier alpha value is -3.67. The highest BCUT2D eigenvalue weighted by Gasteiger charge is 2.16. The van der Waals surface area contributed by atoms with Crippen LogP contribution in [0.1, 0.15) is 16.1 Å². The largest absolute Gasteiger partial charge is 0.478 e. The summed E-state index contributed by atoms with van der Waals surface area (Å²) in [6, 6.07) is 1.78. The second-order valence-corrected chi connectivity index (χ2v) is 6.32. The zero-order chi connectivity index (χ0) is 21.4. The van der Waals surface area contributed by atoms with Crippen LogP contribution in [-0.4, -0.2) is 63.0 Å². The molecule has 11 nitrogen and oxygen atoms in total. The predicted octanol–water partition coefficient (Wildman–Crippen LogP) is 0.765. The molecular weight excluding hydrogens is 388 g/mol. The molecule has 1 amide bonds. The van der Waals surface area contributed by atoms with Gasteiger partial charge in [0, 0.05) is 37.3 Å². The molecule has 12 heteroatoms. The van der Waals surface area contributed by atoms with Crippen LogP contribution in [0.5, 0.6) is 0 Å². The Kier molecular flexibility index (Phi) is 7.89. The first-order valence-electron chi connectivity index (χ1n) is 7.62. The summed E-state index contributed by atoms with van der Waals surface area (Å²) in [5, 5.41) is 17.9. The fourth-order valence-electron chi connectivity index (χ4n) is 1.85. The van der Waals surface area contributed by atoms with E-state index in [1.165, 1.54) is 16.2 Å². The lowest BCUT2D eigenvalue weighted by atomic mass is 10.2. The molecule has 0 aliphatic heterocycles. The van der Waals surface area contributed by atoms with Gasteiger partial charge in [-0.1, -0.05) is 0 Å². The van der Waals surface area contributed by atoms with E-state index in [1.54, 1.807) is 20.2 Å². The molecule has 7 N–H and O–H groups in total. The minimum atomic E-state index is -1.26. The van der Waals surface area contributed by atoms with Crippen molar-refractivity contribution in [1.82, 2.24) is 14.9 Å². The third kappa shape index (κ3) is 6.92. The summed E-state index contributed by atoms with van der Waals surface area (Å²) in [7, 11) is 3.43. The van der Waals surface area contributed by atoms with Crippen LogP contribution in [0.4, 0.5) is 5.13 Å². The number of carbonyl (C=O) groups is 3. The molecule has 0 atom stereocenters. The van der Waals surface area contributed by atoms with Gasteiger partial charge in [-0.2, -0.15) is 4.99 Å². The molecule has 150 valence electrons. The molecule has 0 aromatic carbocycles. The van der Waals surface area contributed by atoms with Crippen LogP contribution in [0.3, 0.4) is 0 Å². The number of amides is 1. The number of aromatic amines is 1. The van der Waals surface area contributed by atoms with Gasteiger partial charge in [0.2, 0.25) is 5.13 Å². The summed E-state index contributed by atoms with van der Waals surface area (Å²) >= 11 is 1.33. The Bertz CT molecular complexity index is 908. The first-order valence-corrected chi connectivity index (χ1v) is 8.50. The van der Waals surface area contributed by atoms with Crippen molar-refractivity contribution in [2.75, 3.05) is 14.1 Å². The van der Waals surface area contributed by atoms with Crippen molar-refractivity contribution in [3.05, 3.63) is 34.9 Å². The molecule has 0 aliphatic rings. The highest BCUT2D eigenvalue weighted by Crippen LogP contribution is 2.27. The number of carboxylic acid groups (broad SMARTS) is 2. The molecular formula is C16H20N6O5S. The average Bonchev–Trinajstić information content (AvgIpc) is 3.18. The van der Waals surface area contributed by atoms with Crippen molar-refractivity contribution in [3.8, 4) is 11.4 Å². The van der Waals surface area contributed by atoms with E-state index in [4.69, 9.17) is 21.7 Å². The molecule has 0 saturated heterocycles. The molecule has 0 unspecified atom stereocenters. The van der Waals surface area contributed by atoms with Gasteiger partial charge in [0.25, 0.3) is 5.91 Å². The lowest BCUT2D eigenvalue weighted by molar-refractivity contribution is -0.134. The molecule has 2 aromatic rings. The maximum absolute atomic E-state index is 12.0. The second-order valence-electron chi connectivity index (χ2n) is 5.48. The van der Waals surface area contributed by atoms with Crippen LogP contribution in [0.15, 0.2) is 28.6 Å². The average molecular weight is 408 g/mol. The minimum absolute atomic E-state index is 0.0305. The number of aliphatic imine (C=N–C) groups is 1. The predicted molar refractivity (Wildman–Crippen MR) is 105 cm³/mol. The summed E-state index contributed by atoms with van der Waals surface area (Å²) < 4.78 is 0. The van der Waals surface area contributed by atoms with E-state index < -0.39 is 11.9 Å². The smallest absolute Gasteiger partial charge is 0.328 e. The highest BCUT2D eigenvalue weighted by atomic mass is 32.1. The van der Waals surface area contributed by atoms with Gasteiger partial charge in [-0.15, -0.1) is 11.3 Å².